The lowest BCUT2D eigenvalue weighted by atomic mass is 9.94. The number of rotatable bonds is 11. The van der Waals surface area contributed by atoms with Crippen LogP contribution in [0, 0.1) is 6.92 Å². The number of hydrogen-bond acceptors (Lipinski definition) is 6. The van der Waals surface area contributed by atoms with Crippen LogP contribution in [0.4, 0.5) is 4.79 Å². The van der Waals surface area contributed by atoms with Gasteiger partial charge < -0.3 is 31.1 Å². The maximum atomic E-state index is 14.0. The second-order valence-electron chi connectivity index (χ2n) is 11.0. The molecule has 38 heavy (non-hydrogen) atoms. The van der Waals surface area contributed by atoms with Crippen LogP contribution in [0.15, 0.2) is 18.2 Å². The van der Waals surface area contributed by atoms with E-state index < -0.39 is 47.9 Å². The van der Waals surface area contributed by atoms with Gasteiger partial charge in [-0.15, -0.1) is 0 Å². The molecule has 0 heterocycles. The van der Waals surface area contributed by atoms with Gasteiger partial charge in [0.25, 0.3) is 0 Å². The Bertz CT molecular complexity index is 984. The Morgan fingerprint density at radius 3 is 2.39 bits per heavy atom. The van der Waals surface area contributed by atoms with Crippen molar-refractivity contribution in [2.75, 3.05) is 6.54 Å². The number of carbonyl (C=O) groups is 4. The number of nitrogens with one attached hydrogen (secondary N) is 2. The molecule has 1 aromatic rings. The summed E-state index contributed by atoms with van der Waals surface area (Å²) in [6.45, 7) is 8.86. The highest BCUT2D eigenvalue weighted by atomic mass is 16.6. The van der Waals surface area contributed by atoms with E-state index in [0.717, 1.165) is 38.5 Å². The average molecular weight is 533 g/mol. The molecule has 1 fully saturated rings. The number of unbranched alkanes of at least 4 members (excludes halogenated alkanes) is 1. The minimum absolute atomic E-state index is 0.0323. The van der Waals surface area contributed by atoms with Crippen LogP contribution < -0.4 is 16.4 Å². The normalized spacial score (nSPS) is 15.7. The van der Waals surface area contributed by atoms with Crippen molar-refractivity contribution >= 4 is 23.8 Å². The number of alkyl carbamates (subject to hydrolysis) is 1. The topological polar surface area (TPSA) is 151 Å². The van der Waals surface area contributed by atoms with E-state index in [-0.39, 0.29) is 23.9 Å². The number of phenols is 1. The summed E-state index contributed by atoms with van der Waals surface area (Å²) >= 11 is 0. The number of hydrogen-bond donors (Lipinski definition) is 4. The highest BCUT2D eigenvalue weighted by Gasteiger charge is 2.38. The molecule has 0 aliphatic heterocycles. The Balaban J connectivity index is 2.51. The predicted molar refractivity (Wildman–Crippen MR) is 144 cm³/mol. The molecule has 1 aliphatic carbocycles. The van der Waals surface area contributed by atoms with Gasteiger partial charge in [0.1, 0.15) is 23.4 Å². The highest BCUT2D eigenvalue weighted by molar-refractivity contribution is 5.95. The van der Waals surface area contributed by atoms with E-state index >= 15 is 0 Å². The largest absolute Gasteiger partial charge is 0.507 e. The maximum Gasteiger partial charge on any atom is 0.408 e. The van der Waals surface area contributed by atoms with Crippen LogP contribution in [0.5, 0.6) is 5.75 Å². The molecule has 0 bridgehead atoms. The Hall–Kier alpha value is -3.30. The minimum Gasteiger partial charge on any atom is -0.507 e. The number of para-hydroxylation sites is 1. The summed E-state index contributed by atoms with van der Waals surface area (Å²) in [5.41, 5.74) is 5.43. The summed E-state index contributed by atoms with van der Waals surface area (Å²) in [6.07, 6.45) is 4.72. The zero-order valence-electron chi connectivity index (χ0n) is 23.3. The van der Waals surface area contributed by atoms with E-state index in [9.17, 15) is 24.3 Å². The number of aryl methyl sites for hydroxylation is 1. The molecule has 0 spiro atoms. The van der Waals surface area contributed by atoms with Crippen LogP contribution in [-0.2, 0) is 19.1 Å². The summed E-state index contributed by atoms with van der Waals surface area (Å²) in [4.78, 5) is 53.6. The molecule has 5 N–H and O–H groups in total. The Morgan fingerprint density at radius 2 is 1.82 bits per heavy atom. The summed E-state index contributed by atoms with van der Waals surface area (Å²) in [7, 11) is 0. The number of primary amides is 1. The first kappa shape index (κ1) is 30.9. The zero-order chi connectivity index (χ0) is 28.5. The lowest BCUT2D eigenvalue weighted by Crippen LogP contribution is -2.55. The lowest BCUT2D eigenvalue weighted by molar-refractivity contribution is -0.143. The van der Waals surface area contributed by atoms with Gasteiger partial charge in [0.05, 0.1) is 6.42 Å². The van der Waals surface area contributed by atoms with E-state index in [1.807, 2.05) is 6.92 Å². The first-order valence-corrected chi connectivity index (χ1v) is 13.5. The molecule has 2 unspecified atom stereocenters. The van der Waals surface area contributed by atoms with Crippen molar-refractivity contribution in [1.82, 2.24) is 15.5 Å². The monoisotopic (exact) mass is 532 g/mol. The zero-order valence-corrected chi connectivity index (χ0v) is 23.3. The van der Waals surface area contributed by atoms with Gasteiger partial charge in [-0.25, -0.2) is 4.79 Å². The fourth-order valence-electron chi connectivity index (χ4n) is 4.63. The first-order valence-electron chi connectivity index (χ1n) is 13.5. The van der Waals surface area contributed by atoms with Gasteiger partial charge in [-0.3, -0.25) is 14.4 Å². The number of nitrogens with zero attached hydrogens (tertiary/aromatic N) is 1. The Kier molecular flexibility index (Phi) is 11.4. The van der Waals surface area contributed by atoms with Crippen LogP contribution in [0.1, 0.15) is 96.2 Å². The molecule has 1 aliphatic rings. The van der Waals surface area contributed by atoms with Crippen molar-refractivity contribution in [2.45, 2.75) is 110 Å². The van der Waals surface area contributed by atoms with Gasteiger partial charge in [0.15, 0.2) is 0 Å². The third kappa shape index (κ3) is 9.22. The van der Waals surface area contributed by atoms with Gasteiger partial charge in [0.2, 0.25) is 17.7 Å². The van der Waals surface area contributed by atoms with Crippen molar-refractivity contribution < 1.29 is 29.0 Å². The van der Waals surface area contributed by atoms with Crippen LogP contribution in [0.25, 0.3) is 0 Å². The number of nitrogens with two attached hydrogens (primary N) is 1. The molecular weight excluding hydrogens is 488 g/mol. The van der Waals surface area contributed by atoms with E-state index in [2.05, 4.69) is 10.6 Å². The maximum absolute atomic E-state index is 14.0. The van der Waals surface area contributed by atoms with Gasteiger partial charge in [-0.2, -0.15) is 0 Å². The fourth-order valence-corrected chi connectivity index (χ4v) is 4.63. The molecule has 10 nitrogen and oxygen atoms in total. The molecule has 1 saturated carbocycles. The van der Waals surface area contributed by atoms with Gasteiger partial charge in [-0.05, 0) is 52.5 Å². The Morgan fingerprint density at radius 1 is 1.16 bits per heavy atom. The summed E-state index contributed by atoms with van der Waals surface area (Å²) in [6, 6.07) is 2.49. The van der Waals surface area contributed by atoms with Crippen molar-refractivity contribution in [2.24, 2.45) is 5.73 Å². The van der Waals surface area contributed by atoms with Crippen LogP contribution in [0.3, 0.4) is 0 Å². The molecule has 2 rings (SSSR count). The number of amides is 4. The summed E-state index contributed by atoms with van der Waals surface area (Å²) < 4.78 is 5.30. The average Bonchev–Trinajstić information content (AvgIpc) is 2.82. The van der Waals surface area contributed by atoms with Gasteiger partial charge >= 0.3 is 6.09 Å². The van der Waals surface area contributed by atoms with E-state index in [0.29, 0.717) is 12.0 Å². The summed E-state index contributed by atoms with van der Waals surface area (Å²) in [5, 5.41) is 16.5. The number of phenolic OH excluding ortho intramolecular Hbond substituents is 1. The molecule has 10 heteroatoms. The SMILES string of the molecule is CCCCN(C(=O)C(CC(N)=O)NC(=O)OC(C)(C)C)C(C(=O)NC1CCCCC1)c1cccc(C)c1O. The molecule has 0 aromatic heterocycles. The second kappa shape index (κ2) is 14.0. The third-order valence-corrected chi connectivity index (χ3v) is 6.51. The van der Waals surface area contributed by atoms with Crippen molar-refractivity contribution in [1.29, 1.82) is 0 Å². The van der Waals surface area contributed by atoms with Crippen molar-refractivity contribution in [3.8, 4) is 5.75 Å². The summed E-state index contributed by atoms with van der Waals surface area (Å²) in [5.74, 6) is -1.96. The number of aromatic hydroxyl groups is 1. The minimum atomic E-state index is -1.35. The quantitative estimate of drug-likeness (QED) is 0.342. The van der Waals surface area contributed by atoms with Crippen molar-refractivity contribution in [3.63, 3.8) is 0 Å². The second-order valence-corrected chi connectivity index (χ2v) is 11.0. The van der Waals surface area contributed by atoms with Crippen LogP contribution >= 0.6 is 0 Å². The number of carbonyl (C=O) groups excluding carboxylic acids is 4. The standard InChI is InChI=1S/C28H44N4O6/c1-6-7-16-32(26(36)21(17-22(29)33)31-27(37)38-28(3,4)5)23(20-15-11-12-18(2)24(20)34)25(35)30-19-13-9-8-10-14-19/h11-12,15,19,21,23,34H,6-10,13-14,16-17H2,1-5H3,(H2,29,33)(H,30,35)(H,31,37). The number of ether oxygens (including phenoxy) is 1. The Labute approximate surface area is 225 Å². The lowest BCUT2D eigenvalue weighted by Gasteiger charge is -2.36. The smallest absolute Gasteiger partial charge is 0.408 e. The molecule has 2 atom stereocenters. The third-order valence-electron chi connectivity index (χ3n) is 6.51. The van der Waals surface area contributed by atoms with E-state index in [4.69, 9.17) is 10.5 Å². The predicted octanol–water partition coefficient (Wildman–Crippen LogP) is 3.59. The molecule has 0 radical (unpaired) electrons. The fraction of sp³-hybridized carbons (Fsp3) is 0.643. The van der Waals surface area contributed by atoms with Crippen molar-refractivity contribution in [3.05, 3.63) is 29.3 Å². The molecule has 4 amide bonds. The van der Waals surface area contributed by atoms with Crippen LogP contribution in [-0.4, -0.2) is 58.1 Å². The highest BCUT2D eigenvalue weighted by Crippen LogP contribution is 2.33. The molecule has 212 valence electrons. The van der Waals surface area contributed by atoms with Gasteiger partial charge in [0, 0.05) is 18.2 Å². The molecular formula is C28H44N4O6. The van der Waals surface area contributed by atoms with Crippen LogP contribution in [0.2, 0.25) is 0 Å². The molecule has 1 aromatic carbocycles. The van der Waals surface area contributed by atoms with E-state index in [1.165, 1.54) is 4.90 Å². The first-order chi connectivity index (χ1) is 17.8. The molecule has 0 saturated heterocycles. The number of benzene rings is 1. The van der Waals surface area contributed by atoms with Gasteiger partial charge in [-0.1, -0.05) is 50.8 Å². The van der Waals surface area contributed by atoms with E-state index in [1.54, 1.807) is 45.9 Å².